The van der Waals surface area contributed by atoms with E-state index in [1.165, 1.54) is 0 Å². The highest BCUT2D eigenvalue weighted by atomic mass is 16.5. The van der Waals surface area contributed by atoms with Crippen molar-refractivity contribution in [2.45, 2.75) is 13.5 Å². The number of anilines is 1. The molecule has 4 rings (SSSR count). The number of morpholine rings is 1. The number of aryl methyl sites for hydroxylation is 1. The Balaban J connectivity index is 1.55. The van der Waals surface area contributed by atoms with Crippen LogP contribution in [0.3, 0.4) is 0 Å². The SMILES string of the molecule is COc1ccc(C(=O)Nc2cccc3c(=O)n(CCN4CCOCC4)ccc23)c(C)c1. The lowest BCUT2D eigenvalue weighted by molar-refractivity contribution is 0.0363. The largest absolute Gasteiger partial charge is 0.497 e. The molecule has 7 heteroatoms. The molecule has 0 aliphatic carbocycles. The zero-order chi connectivity index (χ0) is 21.8. The Morgan fingerprint density at radius 3 is 2.65 bits per heavy atom. The summed E-state index contributed by atoms with van der Waals surface area (Å²) in [5, 5.41) is 4.28. The molecule has 2 aromatic carbocycles. The van der Waals surface area contributed by atoms with E-state index in [0.717, 1.165) is 43.8 Å². The number of fused-ring (bicyclic) bond motifs is 1. The van der Waals surface area contributed by atoms with Crippen LogP contribution in [0.4, 0.5) is 5.69 Å². The van der Waals surface area contributed by atoms with Crippen LogP contribution in [0.15, 0.2) is 53.5 Å². The molecule has 31 heavy (non-hydrogen) atoms. The van der Waals surface area contributed by atoms with Gasteiger partial charge < -0.3 is 19.4 Å². The summed E-state index contributed by atoms with van der Waals surface area (Å²) < 4.78 is 12.3. The quantitative estimate of drug-likeness (QED) is 0.663. The minimum absolute atomic E-state index is 0.0533. The Kier molecular flexibility index (Phi) is 6.34. The van der Waals surface area contributed by atoms with Crippen molar-refractivity contribution in [2.24, 2.45) is 0 Å². The van der Waals surface area contributed by atoms with Crippen molar-refractivity contribution < 1.29 is 14.3 Å². The first-order valence-electron chi connectivity index (χ1n) is 10.4. The smallest absolute Gasteiger partial charge is 0.258 e. The third kappa shape index (κ3) is 4.62. The van der Waals surface area contributed by atoms with Crippen LogP contribution in [-0.2, 0) is 11.3 Å². The van der Waals surface area contributed by atoms with E-state index in [1.807, 2.05) is 25.1 Å². The van der Waals surface area contributed by atoms with Gasteiger partial charge in [-0.15, -0.1) is 0 Å². The van der Waals surface area contributed by atoms with Gasteiger partial charge in [-0.3, -0.25) is 14.5 Å². The second-order valence-corrected chi connectivity index (χ2v) is 7.67. The van der Waals surface area contributed by atoms with Crippen molar-refractivity contribution in [1.29, 1.82) is 0 Å². The molecule has 162 valence electrons. The fourth-order valence-corrected chi connectivity index (χ4v) is 3.88. The summed E-state index contributed by atoms with van der Waals surface area (Å²) >= 11 is 0. The van der Waals surface area contributed by atoms with Crippen molar-refractivity contribution in [3.05, 3.63) is 70.1 Å². The average molecular weight is 421 g/mol. The highest BCUT2D eigenvalue weighted by Gasteiger charge is 2.14. The van der Waals surface area contributed by atoms with Crippen molar-refractivity contribution in [3.63, 3.8) is 0 Å². The van der Waals surface area contributed by atoms with E-state index < -0.39 is 0 Å². The standard InChI is InChI=1S/C24H27N3O4/c1-17-16-18(30-2)6-7-19(17)23(28)25-22-5-3-4-21-20(22)8-9-27(24(21)29)11-10-26-12-14-31-15-13-26/h3-9,16H,10-15H2,1-2H3,(H,25,28). The Labute approximate surface area is 181 Å². The molecule has 2 heterocycles. The number of amides is 1. The van der Waals surface area contributed by atoms with Gasteiger partial charge in [-0.1, -0.05) is 6.07 Å². The van der Waals surface area contributed by atoms with Gasteiger partial charge in [0.2, 0.25) is 0 Å². The van der Waals surface area contributed by atoms with E-state index in [4.69, 9.17) is 9.47 Å². The molecule has 3 aromatic rings. The summed E-state index contributed by atoms with van der Waals surface area (Å²) in [7, 11) is 1.60. The van der Waals surface area contributed by atoms with E-state index in [9.17, 15) is 9.59 Å². The van der Waals surface area contributed by atoms with Crippen LogP contribution in [-0.4, -0.2) is 55.3 Å². The molecule has 0 bridgehead atoms. The molecule has 0 unspecified atom stereocenters. The lowest BCUT2D eigenvalue weighted by Gasteiger charge is -2.26. The molecule has 0 atom stereocenters. The summed E-state index contributed by atoms with van der Waals surface area (Å²) in [6.07, 6.45) is 1.80. The topological polar surface area (TPSA) is 72.8 Å². The summed E-state index contributed by atoms with van der Waals surface area (Å²) in [6, 6.07) is 12.6. The molecule has 1 fully saturated rings. The van der Waals surface area contributed by atoms with Crippen molar-refractivity contribution >= 4 is 22.4 Å². The lowest BCUT2D eigenvalue weighted by atomic mass is 10.1. The Morgan fingerprint density at radius 2 is 1.90 bits per heavy atom. The van der Waals surface area contributed by atoms with Gasteiger partial charge in [0.15, 0.2) is 0 Å². The first-order chi connectivity index (χ1) is 15.1. The van der Waals surface area contributed by atoms with Gasteiger partial charge in [-0.25, -0.2) is 0 Å². The van der Waals surface area contributed by atoms with E-state index >= 15 is 0 Å². The van der Waals surface area contributed by atoms with Crippen molar-refractivity contribution in [3.8, 4) is 5.75 Å². The molecule has 1 aromatic heterocycles. The Bertz CT molecular complexity index is 1150. The van der Waals surface area contributed by atoms with Gasteiger partial charge >= 0.3 is 0 Å². The van der Waals surface area contributed by atoms with Gasteiger partial charge in [0.25, 0.3) is 11.5 Å². The maximum atomic E-state index is 13.0. The van der Waals surface area contributed by atoms with Crippen molar-refractivity contribution in [1.82, 2.24) is 9.47 Å². The fourth-order valence-electron chi connectivity index (χ4n) is 3.88. The molecule has 1 aliphatic heterocycles. The predicted molar refractivity (Wildman–Crippen MR) is 121 cm³/mol. The second-order valence-electron chi connectivity index (χ2n) is 7.67. The first kappa shape index (κ1) is 21.1. The number of ether oxygens (including phenoxy) is 2. The number of carbonyl (C=O) groups excluding carboxylic acids is 1. The lowest BCUT2D eigenvalue weighted by Crippen LogP contribution is -2.39. The van der Waals surface area contributed by atoms with E-state index in [0.29, 0.717) is 28.9 Å². The van der Waals surface area contributed by atoms with Gasteiger partial charge in [0.1, 0.15) is 5.75 Å². The number of rotatable bonds is 6. The average Bonchev–Trinajstić information content (AvgIpc) is 2.79. The highest BCUT2D eigenvalue weighted by Crippen LogP contribution is 2.23. The highest BCUT2D eigenvalue weighted by molar-refractivity contribution is 6.09. The second kappa shape index (κ2) is 9.32. The van der Waals surface area contributed by atoms with E-state index in [-0.39, 0.29) is 11.5 Å². The number of nitrogens with zero attached hydrogens (tertiary/aromatic N) is 2. The monoisotopic (exact) mass is 421 g/mol. The molecule has 1 N–H and O–H groups in total. The van der Waals surface area contributed by atoms with Gasteiger partial charge in [-0.05, 0) is 48.9 Å². The maximum Gasteiger partial charge on any atom is 0.258 e. The van der Waals surface area contributed by atoms with Gasteiger partial charge in [0.05, 0.1) is 20.3 Å². The minimum atomic E-state index is -0.218. The van der Waals surface area contributed by atoms with Crippen molar-refractivity contribution in [2.75, 3.05) is 45.3 Å². The first-order valence-corrected chi connectivity index (χ1v) is 10.4. The summed E-state index contributed by atoms with van der Waals surface area (Å²) in [5.41, 5.74) is 1.96. The van der Waals surface area contributed by atoms with E-state index in [2.05, 4.69) is 10.2 Å². The Morgan fingerprint density at radius 1 is 1.10 bits per heavy atom. The molecule has 7 nitrogen and oxygen atoms in total. The summed E-state index contributed by atoms with van der Waals surface area (Å²) in [6.45, 7) is 6.56. The fraction of sp³-hybridized carbons (Fsp3) is 0.333. The number of nitrogens with one attached hydrogen (secondary N) is 1. The molecule has 0 saturated carbocycles. The number of pyridine rings is 1. The van der Waals surface area contributed by atoms with Crippen LogP contribution < -0.4 is 15.6 Å². The normalized spacial score (nSPS) is 14.5. The molecular formula is C24H27N3O4. The van der Waals surface area contributed by atoms with Crippen LogP contribution in [0.1, 0.15) is 15.9 Å². The number of aromatic nitrogens is 1. The summed E-state index contributed by atoms with van der Waals surface area (Å²) in [5.74, 6) is 0.487. The number of methoxy groups -OCH3 is 1. The molecule has 0 radical (unpaired) electrons. The number of hydrogen-bond donors (Lipinski definition) is 1. The maximum absolute atomic E-state index is 13.0. The Hall–Kier alpha value is -3.16. The van der Waals surface area contributed by atoms with Crippen LogP contribution in [0.25, 0.3) is 10.8 Å². The molecule has 1 amide bonds. The van der Waals surface area contributed by atoms with Crippen LogP contribution in [0.5, 0.6) is 5.75 Å². The molecule has 1 aliphatic rings. The zero-order valence-electron chi connectivity index (χ0n) is 17.9. The van der Waals surface area contributed by atoms with Gasteiger partial charge in [0, 0.05) is 54.4 Å². The van der Waals surface area contributed by atoms with Crippen LogP contribution in [0.2, 0.25) is 0 Å². The molecule has 0 spiro atoms. The predicted octanol–water partition coefficient (Wildman–Crippen LogP) is 2.90. The summed E-state index contributed by atoms with van der Waals surface area (Å²) in [4.78, 5) is 28.2. The third-order valence-corrected chi connectivity index (χ3v) is 5.71. The number of hydrogen-bond acceptors (Lipinski definition) is 5. The van der Waals surface area contributed by atoms with Gasteiger partial charge in [-0.2, -0.15) is 0 Å². The minimum Gasteiger partial charge on any atom is -0.497 e. The van der Waals surface area contributed by atoms with Crippen LogP contribution in [0, 0.1) is 6.92 Å². The molecule has 1 saturated heterocycles. The third-order valence-electron chi connectivity index (χ3n) is 5.71. The van der Waals surface area contributed by atoms with E-state index in [1.54, 1.807) is 42.1 Å². The van der Waals surface area contributed by atoms with Crippen LogP contribution >= 0.6 is 0 Å². The molecular weight excluding hydrogens is 394 g/mol. The number of carbonyl (C=O) groups is 1. The zero-order valence-corrected chi connectivity index (χ0v) is 17.9. The number of benzene rings is 2.